The van der Waals surface area contributed by atoms with Gasteiger partial charge in [-0.3, -0.25) is 4.57 Å². The van der Waals surface area contributed by atoms with Gasteiger partial charge in [0, 0.05) is 18.8 Å². The van der Waals surface area contributed by atoms with Crippen LogP contribution in [0.15, 0.2) is 18.6 Å². The molecule has 2 rings (SSSR count). The van der Waals surface area contributed by atoms with Crippen molar-refractivity contribution < 1.29 is 0 Å². The Kier molecular flexibility index (Phi) is 3.05. The first-order chi connectivity index (χ1) is 7.72. The summed E-state index contributed by atoms with van der Waals surface area (Å²) in [4.78, 5) is 12.2. The average molecular weight is 238 g/mol. The molecule has 0 saturated carbocycles. The quantitative estimate of drug-likeness (QED) is 0.885. The first-order valence-electron chi connectivity index (χ1n) is 5.03. The van der Waals surface area contributed by atoms with Crippen LogP contribution in [0.5, 0.6) is 0 Å². The van der Waals surface area contributed by atoms with E-state index in [1.807, 2.05) is 10.8 Å². The Morgan fingerprint density at radius 3 is 3.00 bits per heavy atom. The number of halogens is 1. The lowest BCUT2D eigenvalue weighted by atomic mass is 10.3. The van der Waals surface area contributed by atoms with Crippen LogP contribution in [0.4, 0.5) is 5.95 Å². The Hall–Kier alpha value is -1.62. The molecular weight excluding hydrogens is 226 g/mol. The normalized spacial score (nSPS) is 10.6. The molecule has 0 saturated heterocycles. The molecule has 0 radical (unpaired) electrons. The van der Waals surface area contributed by atoms with Gasteiger partial charge in [-0.15, -0.1) is 0 Å². The Bertz CT molecular complexity index is 494. The van der Waals surface area contributed by atoms with Gasteiger partial charge in [-0.25, -0.2) is 9.97 Å². The Morgan fingerprint density at radius 1 is 1.44 bits per heavy atom. The number of nitrogens with zero attached hydrogens (tertiary/aromatic N) is 4. The first-order valence-corrected chi connectivity index (χ1v) is 5.40. The van der Waals surface area contributed by atoms with Crippen molar-refractivity contribution >= 4 is 17.5 Å². The highest BCUT2D eigenvalue weighted by molar-refractivity contribution is 6.32. The lowest BCUT2D eigenvalue weighted by molar-refractivity contribution is 0.797. The minimum atomic E-state index is 0.204. The third-order valence-corrected chi connectivity index (χ3v) is 2.43. The number of aromatic nitrogens is 4. The predicted molar refractivity (Wildman–Crippen MR) is 62.6 cm³/mol. The van der Waals surface area contributed by atoms with Crippen molar-refractivity contribution in [3.63, 3.8) is 0 Å². The average Bonchev–Trinajstić information content (AvgIpc) is 2.70. The van der Waals surface area contributed by atoms with Crippen LogP contribution in [-0.2, 0) is 6.42 Å². The standard InChI is InChI=1S/C10H12ClN5/c1-2-3-8-13-4-5-16(8)9-7(11)6-14-10(12)15-9/h4-6H,2-3H2,1H3,(H2,12,14,15). The van der Waals surface area contributed by atoms with E-state index in [1.54, 1.807) is 6.20 Å². The number of anilines is 1. The zero-order valence-electron chi connectivity index (χ0n) is 8.89. The van der Waals surface area contributed by atoms with Gasteiger partial charge in [-0.05, 0) is 6.42 Å². The number of nitrogens with two attached hydrogens (primary N) is 1. The zero-order valence-corrected chi connectivity index (χ0v) is 9.65. The molecular formula is C10H12ClN5. The van der Waals surface area contributed by atoms with Crippen LogP contribution in [-0.4, -0.2) is 19.5 Å². The topological polar surface area (TPSA) is 69.6 Å². The number of nitrogen functional groups attached to an aromatic ring is 1. The van der Waals surface area contributed by atoms with Crippen LogP contribution in [0.25, 0.3) is 5.82 Å². The SMILES string of the molecule is CCCc1nccn1-c1nc(N)ncc1Cl. The van der Waals surface area contributed by atoms with E-state index in [0.29, 0.717) is 10.8 Å². The van der Waals surface area contributed by atoms with Crippen molar-refractivity contribution in [3.05, 3.63) is 29.4 Å². The van der Waals surface area contributed by atoms with Gasteiger partial charge < -0.3 is 5.73 Å². The molecule has 0 bridgehead atoms. The van der Waals surface area contributed by atoms with Crippen LogP contribution < -0.4 is 5.73 Å². The van der Waals surface area contributed by atoms with E-state index in [2.05, 4.69) is 21.9 Å². The van der Waals surface area contributed by atoms with Gasteiger partial charge in [0.1, 0.15) is 10.8 Å². The molecule has 0 aliphatic heterocycles. The molecule has 0 unspecified atom stereocenters. The molecule has 16 heavy (non-hydrogen) atoms. The number of imidazole rings is 1. The van der Waals surface area contributed by atoms with Gasteiger partial charge in [-0.1, -0.05) is 18.5 Å². The lowest BCUT2D eigenvalue weighted by Crippen LogP contribution is -2.06. The second-order valence-electron chi connectivity index (χ2n) is 3.36. The van der Waals surface area contributed by atoms with Crippen LogP contribution in [0.1, 0.15) is 19.2 Å². The molecule has 0 amide bonds. The zero-order chi connectivity index (χ0) is 11.5. The monoisotopic (exact) mass is 237 g/mol. The van der Waals surface area contributed by atoms with Crippen LogP contribution in [0, 0.1) is 0 Å². The molecule has 84 valence electrons. The van der Waals surface area contributed by atoms with Crippen molar-refractivity contribution in [2.75, 3.05) is 5.73 Å². The van der Waals surface area contributed by atoms with E-state index in [4.69, 9.17) is 17.3 Å². The summed E-state index contributed by atoms with van der Waals surface area (Å²) < 4.78 is 1.84. The van der Waals surface area contributed by atoms with Crippen LogP contribution in [0.3, 0.4) is 0 Å². The summed E-state index contributed by atoms with van der Waals surface area (Å²) in [5, 5.41) is 0.463. The van der Waals surface area contributed by atoms with E-state index in [0.717, 1.165) is 18.7 Å². The summed E-state index contributed by atoms with van der Waals surface area (Å²) in [6.07, 6.45) is 6.91. The molecule has 0 aromatic carbocycles. The highest BCUT2D eigenvalue weighted by atomic mass is 35.5. The van der Waals surface area contributed by atoms with Gasteiger partial charge in [-0.2, -0.15) is 4.98 Å². The Balaban J connectivity index is 2.49. The van der Waals surface area contributed by atoms with Crippen molar-refractivity contribution in [2.24, 2.45) is 0 Å². The molecule has 5 nitrogen and oxygen atoms in total. The molecule has 2 N–H and O–H groups in total. The van der Waals surface area contributed by atoms with E-state index in [9.17, 15) is 0 Å². The van der Waals surface area contributed by atoms with Crippen LogP contribution >= 0.6 is 11.6 Å². The number of aryl methyl sites for hydroxylation is 1. The second kappa shape index (κ2) is 4.49. The maximum atomic E-state index is 6.03. The summed E-state index contributed by atoms with van der Waals surface area (Å²) in [6, 6.07) is 0. The summed E-state index contributed by atoms with van der Waals surface area (Å²) in [6.45, 7) is 2.09. The number of hydrogen-bond donors (Lipinski definition) is 1. The van der Waals surface area contributed by atoms with Crippen molar-refractivity contribution in [1.82, 2.24) is 19.5 Å². The van der Waals surface area contributed by atoms with E-state index < -0.39 is 0 Å². The van der Waals surface area contributed by atoms with Crippen molar-refractivity contribution in [3.8, 4) is 5.82 Å². The molecule has 0 aliphatic carbocycles. The third-order valence-electron chi connectivity index (χ3n) is 2.16. The maximum absolute atomic E-state index is 6.03. The summed E-state index contributed by atoms with van der Waals surface area (Å²) in [5.74, 6) is 1.70. The molecule has 0 spiro atoms. The van der Waals surface area contributed by atoms with Gasteiger partial charge in [0.25, 0.3) is 0 Å². The second-order valence-corrected chi connectivity index (χ2v) is 3.77. The van der Waals surface area contributed by atoms with Gasteiger partial charge >= 0.3 is 0 Å². The van der Waals surface area contributed by atoms with Gasteiger partial charge in [0.2, 0.25) is 5.95 Å². The molecule has 2 heterocycles. The molecule has 0 atom stereocenters. The third kappa shape index (κ3) is 1.99. The fourth-order valence-corrected chi connectivity index (χ4v) is 1.66. The summed E-state index contributed by atoms with van der Waals surface area (Å²) in [7, 11) is 0. The molecule has 0 aliphatic rings. The predicted octanol–water partition coefficient (Wildman–Crippen LogP) is 1.85. The minimum absolute atomic E-state index is 0.204. The van der Waals surface area contributed by atoms with Gasteiger partial charge in [0.15, 0.2) is 5.82 Å². The van der Waals surface area contributed by atoms with E-state index in [1.165, 1.54) is 6.20 Å². The number of rotatable bonds is 3. The maximum Gasteiger partial charge on any atom is 0.222 e. The minimum Gasteiger partial charge on any atom is -0.368 e. The summed E-state index contributed by atoms with van der Waals surface area (Å²) in [5.41, 5.74) is 5.54. The molecule has 2 aromatic heterocycles. The fraction of sp³-hybridized carbons (Fsp3) is 0.300. The highest BCUT2D eigenvalue weighted by Crippen LogP contribution is 2.19. The lowest BCUT2D eigenvalue weighted by Gasteiger charge is -2.07. The summed E-state index contributed by atoms with van der Waals surface area (Å²) >= 11 is 6.03. The Labute approximate surface area is 98.3 Å². The van der Waals surface area contributed by atoms with E-state index >= 15 is 0 Å². The van der Waals surface area contributed by atoms with Gasteiger partial charge in [0.05, 0.1) is 6.20 Å². The highest BCUT2D eigenvalue weighted by Gasteiger charge is 2.10. The smallest absolute Gasteiger partial charge is 0.222 e. The van der Waals surface area contributed by atoms with Crippen LogP contribution in [0.2, 0.25) is 5.02 Å². The fourth-order valence-electron chi connectivity index (χ4n) is 1.48. The molecule has 2 aromatic rings. The molecule has 0 fully saturated rings. The van der Waals surface area contributed by atoms with E-state index in [-0.39, 0.29) is 5.95 Å². The Morgan fingerprint density at radius 2 is 2.25 bits per heavy atom. The number of hydrogen-bond acceptors (Lipinski definition) is 4. The van der Waals surface area contributed by atoms with Crippen molar-refractivity contribution in [1.29, 1.82) is 0 Å². The largest absolute Gasteiger partial charge is 0.368 e. The first kappa shape index (κ1) is 10.9. The molecule has 6 heteroatoms. The van der Waals surface area contributed by atoms with Crippen molar-refractivity contribution in [2.45, 2.75) is 19.8 Å².